The van der Waals surface area contributed by atoms with Crippen molar-refractivity contribution >= 4 is 5.97 Å². The second kappa shape index (κ2) is 8.46. The lowest BCUT2D eigenvalue weighted by Crippen LogP contribution is -2.37. The predicted octanol–water partition coefficient (Wildman–Crippen LogP) is 2.23. The molecule has 1 aliphatic heterocycles. The molecule has 0 aromatic heterocycles. The number of hydrogen-bond acceptors (Lipinski definition) is 4. The molecule has 0 N–H and O–H groups in total. The number of carbonyl (C=O) groups is 1. The lowest BCUT2D eigenvalue weighted by molar-refractivity contribution is -0.174. The molecule has 0 aliphatic carbocycles. The molecule has 0 unspecified atom stereocenters. The Labute approximate surface area is 117 Å². The molecule has 4 nitrogen and oxygen atoms in total. The van der Waals surface area contributed by atoms with E-state index in [2.05, 4.69) is 9.64 Å². The molecule has 1 heterocycles. The molecule has 0 amide bonds. The molecule has 7 heteroatoms. The zero-order valence-electron chi connectivity index (χ0n) is 11.7. The van der Waals surface area contributed by atoms with Crippen LogP contribution in [0.4, 0.5) is 13.2 Å². The Bertz CT molecular complexity index is 289. The van der Waals surface area contributed by atoms with Gasteiger partial charge in [0, 0.05) is 13.2 Å². The van der Waals surface area contributed by atoms with Gasteiger partial charge in [0.05, 0.1) is 12.5 Å². The van der Waals surface area contributed by atoms with Gasteiger partial charge in [-0.3, -0.25) is 4.79 Å². The Morgan fingerprint density at radius 2 is 1.95 bits per heavy atom. The summed E-state index contributed by atoms with van der Waals surface area (Å²) < 4.78 is 45.1. The number of nitrogens with zero attached hydrogens (tertiary/aromatic N) is 1. The summed E-state index contributed by atoms with van der Waals surface area (Å²) in [5.41, 5.74) is 0. The molecule has 1 fully saturated rings. The summed E-state index contributed by atoms with van der Waals surface area (Å²) in [5.74, 6) is -0.173. The van der Waals surface area contributed by atoms with E-state index in [4.69, 9.17) is 4.74 Å². The zero-order chi connectivity index (χ0) is 15.0. The Morgan fingerprint density at radius 1 is 1.30 bits per heavy atom. The number of carbonyl (C=O) groups excluding carboxylic acids is 1. The van der Waals surface area contributed by atoms with Gasteiger partial charge in [-0.15, -0.1) is 0 Å². The highest BCUT2D eigenvalue weighted by Gasteiger charge is 2.27. The van der Waals surface area contributed by atoms with E-state index in [9.17, 15) is 18.0 Å². The quantitative estimate of drug-likeness (QED) is 0.533. The van der Waals surface area contributed by atoms with Crippen molar-refractivity contribution in [2.24, 2.45) is 5.92 Å². The Kier molecular flexibility index (Phi) is 7.29. The summed E-state index contributed by atoms with van der Waals surface area (Å²) in [4.78, 5) is 13.7. The zero-order valence-corrected chi connectivity index (χ0v) is 11.7. The van der Waals surface area contributed by atoms with Crippen LogP contribution in [0.15, 0.2) is 0 Å². The van der Waals surface area contributed by atoms with Crippen LogP contribution < -0.4 is 0 Å². The summed E-state index contributed by atoms with van der Waals surface area (Å²) in [7, 11) is 0. The van der Waals surface area contributed by atoms with E-state index in [0.29, 0.717) is 19.6 Å². The maximum absolute atomic E-state index is 11.8. The highest BCUT2D eigenvalue weighted by Crippen LogP contribution is 2.19. The second-order valence-electron chi connectivity index (χ2n) is 4.89. The van der Waals surface area contributed by atoms with Gasteiger partial charge in [0.15, 0.2) is 0 Å². The van der Waals surface area contributed by atoms with Crippen molar-refractivity contribution in [2.45, 2.75) is 32.4 Å². The fourth-order valence-electron chi connectivity index (χ4n) is 2.23. The smallest absolute Gasteiger partial charge is 0.411 e. The summed E-state index contributed by atoms with van der Waals surface area (Å²) >= 11 is 0. The highest BCUT2D eigenvalue weighted by atomic mass is 19.4. The molecule has 0 spiro atoms. The topological polar surface area (TPSA) is 38.8 Å². The van der Waals surface area contributed by atoms with Gasteiger partial charge in [-0.1, -0.05) is 0 Å². The van der Waals surface area contributed by atoms with Gasteiger partial charge in [0.2, 0.25) is 0 Å². The molecule has 20 heavy (non-hydrogen) atoms. The molecule has 0 saturated carbocycles. The number of alkyl halides is 3. The van der Waals surface area contributed by atoms with Crippen LogP contribution in [-0.2, 0) is 14.3 Å². The number of piperidine rings is 1. The van der Waals surface area contributed by atoms with Gasteiger partial charge in [-0.2, -0.15) is 13.2 Å². The average Bonchev–Trinajstić information content (AvgIpc) is 2.38. The third-order valence-corrected chi connectivity index (χ3v) is 3.24. The molecule has 0 aromatic carbocycles. The first-order chi connectivity index (χ1) is 9.42. The molecule has 118 valence electrons. The van der Waals surface area contributed by atoms with Crippen molar-refractivity contribution in [3.63, 3.8) is 0 Å². The van der Waals surface area contributed by atoms with Gasteiger partial charge < -0.3 is 14.4 Å². The van der Waals surface area contributed by atoms with Gasteiger partial charge in [-0.25, -0.2) is 0 Å². The third-order valence-electron chi connectivity index (χ3n) is 3.24. The normalized spacial score (nSPS) is 18.2. The van der Waals surface area contributed by atoms with Crippen LogP contribution in [0, 0.1) is 5.92 Å². The van der Waals surface area contributed by atoms with E-state index in [0.717, 1.165) is 25.9 Å². The number of esters is 1. The van der Waals surface area contributed by atoms with Gasteiger partial charge in [0.1, 0.15) is 6.61 Å². The van der Waals surface area contributed by atoms with Crippen LogP contribution in [0.2, 0.25) is 0 Å². The maximum Gasteiger partial charge on any atom is 0.411 e. The molecule has 0 atom stereocenters. The van der Waals surface area contributed by atoms with Crippen LogP contribution in [0.1, 0.15) is 26.2 Å². The minimum Gasteiger partial charge on any atom is -0.466 e. The largest absolute Gasteiger partial charge is 0.466 e. The van der Waals surface area contributed by atoms with Gasteiger partial charge >= 0.3 is 12.1 Å². The van der Waals surface area contributed by atoms with Crippen molar-refractivity contribution < 1.29 is 27.4 Å². The van der Waals surface area contributed by atoms with Crippen molar-refractivity contribution in [1.82, 2.24) is 4.90 Å². The number of halogens is 3. The predicted molar refractivity (Wildman–Crippen MR) is 67.3 cm³/mol. The number of hydrogen-bond donors (Lipinski definition) is 0. The summed E-state index contributed by atoms with van der Waals surface area (Å²) in [6.07, 6.45) is -2.18. The monoisotopic (exact) mass is 297 g/mol. The van der Waals surface area contributed by atoms with Gasteiger partial charge in [-0.05, 0) is 39.3 Å². The summed E-state index contributed by atoms with van der Waals surface area (Å²) in [6, 6.07) is 0. The fourth-order valence-corrected chi connectivity index (χ4v) is 2.23. The number of ether oxygens (including phenoxy) is 2. The van der Waals surface area contributed by atoms with Crippen LogP contribution in [-0.4, -0.2) is 56.5 Å². The number of rotatable bonds is 7. The first-order valence-electron chi connectivity index (χ1n) is 6.96. The molecule has 1 saturated heterocycles. The first kappa shape index (κ1) is 17.2. The minimum atomic E-state index is -4.25. The second-order valence-corrected chi connectivity index (χ2v) is 4.89. The lowest BCUT2D eigenvalue weighted by atomic mass is 9.97. The molecule has 0 bridgehead atoms. The van der Waals surface area contributed by atoms with Crippen LogP contribution >= 0.6 is 0 Å². The van der Waals surface area contributed by atoms with Crippen LogP contribution in [0.3, 0.4) is 0 Å². The van der Waals surface area contributed by atoms with E-state index in [1.807, 2.05) is 0 Å². The summed E-state index contributed by atoms with van der Waals surface area (Å²) in [5, 5.41) is 0. The highest BCUT2D eigenvalue weighted by molar-refractivity contribution is 5.72. The van der Waals surface area contributed by atoms with E-state index < -0.39 is 12.8 Å². The minimum absolute atomic E-state index is 0.0346. The van der Waals surface area contributed by atoms with E-state index >= 15 is 0 Å². The van der Waals surface area contributed by atoms with Crippen molar-refractivity contribution in [3.05, 3.63) is 0 Å². The van der Waals surface area contributed by atoms with Crippen molar-refractivity contribution in [3.8, 4) is 0 Å². The molecular weight excluding hydrogens is 275 g/mol. The van der Waals surface area contributed by atoms with Gasteiger partial charge in [0.25, 0.3) is 0 Å². The Hall–Kier alpha value is -0.820. The lowest BCUT2D eigenvalue weighted by Gasteiger charge is -2.30. The molecule has 0 radical (unpaired) electrons. The number of likely N-dealkylation sites (tertiary alicyclic amines) is 1. The van der Waals surface area contributed by atoms with Crippen molar-refractivity contribution in [2.75, 3.05) is 39.5 Å². The first-order valence-corrected chi connectivity index (χ1v) is 6.96. The maximum atomic E-state index is 11.8. The Balaban J connectivity index is 2.06. The standard InChI is InChI=1S/C13H22F3NO3/c1-2-20-12(18)11-4-7-17(8-5-11)6-3-9-19-10-13(14,15)16/h11H,2-10H2,1H3. The average molecular weight is 297 g/mol. The van der Waals surface area contributed by atoms with E-state index in [1.165, 1.54) is 0 Å². The SMILES string of the molecule is CCOC(=O)C1CCN(CCCOCC(F)(F)F)CC1. The van der Waals surface area contributed by atoms with Crippen LogP contribution in [0.5, 0.6) is 0 Å². The molecule has 1 rings (SSSR count). The van der Waals surface area contributed by atoms with Crippen LogP contribution in [0.25, 0.3) is 0 Å². The molecule has 0 aromatic rings. The van der Waals surface area contributed by atoms with E-state index in [1.54, 1.807) is 6.92 Å². The van der Waals surface area contributed by atoms with E-state index in [-0.39, 0.29) is 18.5 Å². The van der Waals surface area contributed by atoms with Crippen molar-refractivity contribution in [1.29, 1.82) is 0 Å². The summed E-state index contributed by atoms with van der Waals surface area (Å²) in [6.45, 7) is 3.37. The molecule has 1 aliphatic rings. The Morgan fingerprint density at radius 3 is 2.50 bits per heavy atom. The fraction of sp³-hybridized carbons (Fsp3) is 0.923. The third kappa shape index (κ3) is 7.09. The molecular formula is C13H22F3NO3.